The number of hydrogen-bond acceptors (Lipinski definition) is 5. The van der Waals surface area contributed by atoms with Gasteiger partial charge in [0.1, 0.15) is 0 Å². The molecule has 0 fully saturated rings. The Balaban J connectivity index is 1.70. The summed E-state index contributed by atoms with van der Waals surface area (Å²) < 4.78 is 0. The van der Waals surface area contributed by atoms with Gasteiger partial charge < -0.3 is 5.32 Å². The largest absolute Gasteiger partial charge is 0.379 e. The molecule has 3 aromatic rings. The van der Waals surface area contributed by atoms with Gasteiger partial charge in [0, 0.05) is 34.1 Å². The topological polar surface area (TPSA) is 79.9 Å². The molecule has 6 nitrogen and oxygen atoms in total. The average molecular weight is 431 g/mol. The molecule has 1 aliphatic heterocycles. The van der Waals surface area contributed by atoms with E-state index < -0.39 is 4.92 Å². The monoisotopic (exact) mass is 430 g/mol. The van der Waals surface area contributed by atoms with Gasteiger partial charge in [0.2, 0.25) is 0 Å². The van der Waals surface area contributed by atoms with Crippen molar-refractivity contribution in [1.29, 1.82) is 0 Å². The molecule has 1 N–H and O–H groups in total. The lowest BCUT2D eigenvalue weighted by atomic mass is 9.74. The third kappa shape index (κ3) is 4.49. The van der Waals surface area contributed by atoms with E-state index in [4.69, 9.17) is 0 Å². The minimum Gasteiger partial charge on any atom is -0.379 e. The first-order valence-corrected chi connectivity index (χ1v) is 11.3. The van der Waals surface area contributed by atoms with Crippen molar-refractivity contribution in [2.24, 2.45) is 22.1 Å². The second-order valence-corrected chi connectivity index (χ2v) is 9.72. The summed E-state index contributed by atoms with van der Waals surface area (Å²) in [5.74, 6) is 1.22. The molecule has 32 heavy (non-hydrogen) atoms. The molecule has 0 unspecified atom stereocenters. The highest BCUT2D eigenvalue weighted by molar-refractivity contribution is 6.03. The summed E-state index contributed by atoms with van der Waals surface area (Å²) in [6.45, 7) is 9.17. The van der Waals surface area contributed by atoms with Gasteiger partial charge in [0.25, 0.3) is 5.69 Å². The van der Waals surface area contributed by atoms with Gasteiger partial charge >= 0.3 is 0 Å². The Labute approximate surface area is 188 Å². The highest BCUT2D eigenvalue weighted by Crippen LogP contribution is 2.44. The van der Waals surface area contributed by atoms with Crippen LogP contribution in [-0.2, 0) is 6.42 Å². The Morgan fingerprint density at radius 1 is 0.969 bits per heavy atom. The Morgan fingerprint density at radius 2 is 1.66 bits per heavy atom. The number of anilines is 1. The minimum atomic E-state index is -0.418. The number of nitrogens with zero attached hydrogens (tertiary/aromatic N) is 3. The van der Waals surface area contributed by atoms with Gasteiger partial charge in [-0.1, -0.05) is 45.9 Å². The maximum absolute atomic E-state index is 10.8. The van der Waals surface area contributed by atoms with Gasteiger partial charge in [0.05, 0.1) is 16.3 Å². The van der Waals surface area contributed by atoms with E-state index in [0.29, 0.717) is 17.5 Å². The van der Waals surface area contributed by atoms with Gasteiger partial charge in [0.15, 0.2) is 0 Å². The van der Waals surface area contributed by atoms with Crippen molar-refractivity contribution in [2.75, 3.05) is 5.32 Å². The van der Waals surface area contributed by atoms with E-state index in [1.165, 1.54) is 23.1 Å². The molecular formula is C26H30N4O2. The number of benzene rings is 3. The van der Waals surface area contributed by atoms with Crippen LogP contribution in [0.5, 0.6) is 0 Å². The van der Waals surface area contributed by atoms with Crippen LogP contribution in [0.2, 0.25) is 0 Å². The maximum Gasteiger partial charge on any atom is 0.269 e. The van der Waals surface area contributed by atoms with Gasteiger partial charge in [-0.3, -0.25) is 10.1 Å². The summed E-state index contributed by atoms with van der Waals surface area (Å²) in [6, 6.07) is 16.7. The molecule has 0 aliphatic carbocycles. The zero-order chi connectivity index (χ0) is 22.9. The zero-order valence-electron chi connectivity index (χ0n) is 19.1. The van der Waals surface area contributed by atoms with E-state index in [1.807, 2.05) is 6.07 Å². The predicted octanol–water partition coefficient (Wildman–Crippen LogP) is 7.96. The van der Waals surface area contributed by atoms with Crippen molar-refractivity contribution in [3.8, 4) is 0 Å². The van der Waals surface area contributed by atoms with Crippen LogP contribution in [0.3, 0.4) is 0 Å². The van der Waals surface area contributed by atoms with Crippen LogP contribution in [0, 0.1) is 22.0 Å². The first-order valence-electron chi connectivity index (χ1n) is 11.3. The molecule has 0 saturated heterocycles. The van der Waals surface area contributed by atoms with Crippen LogP contribution in [0.15, 0.2) is 64.8 Å². The molecule has 0 amide bonds. The Bertz CT molecular complexity index is 1140. The van der Waals surface area contributed by atoms with Gasteiger partial charge in [-0.25, -0.2) is 0 Å². The van der Waals surface area contributed by atoms with E-state index in [-0.39, 0.29) is 11.2 Å². The summed E-state index contributed by atoms with van der Waals surface area (Å²) in [6.07, 6.45) is 3.25. The van der Waals surface area contributed by atoms with Crippen molar-refractivity contribution < 1.29 is 4.92 Å². The highest BCUT2D eigenvalue weighted by Gasteiger charge is 2.36. The van der Waals surface area contributed by atoms with Crippen LogP contribution < -0.4 is 5.32 Å². The van der Waals surface area contributed by atoms with E-state index in [9.17, 15) is 10.1 Å². The van der Waals surface area contributed by atoms with Gasteiger partial charge in [-0.2, -0.15) is 5.11 Å². The molecule has 1 heterocycles. The summed E-state index contributed by atoms with van der Waals surface area (Å²) in [5, 5.41) is 25.9. The van der Waals surface area contributed by atoms with Crippen molar-refractivity contribution in [3.05, 3.63) is 70.3 Å². The Kier molecular flexibility index (Phi) is 5.96. The fourth-order valence-electron chi connectivity index (χ4n) is 5.14. The molecule has 0 atom stereocenters. The van der Waals surface area contributed by atoms with Crippen molar-refractivity contribution in [3.63, 3.8) is 0 Å². The molecule has 0 aromatic heterocycles. The number of nitro benzene ring substituents is 1. The van der Waals surface area contributed by atoms with Crippen molar-refractivity contribution in [2.45, 2.75) is 52.5 Å². The van der Waals surface area contributed by atoms with E-state index in [2.05, 4.69) is 67.5 Å². The third-order valence-corrected chi connectivity index (χ3v) is 5.96. The van der Waals surface area contributed by atoms with Crippen LogP contribution in [0.4, 0.5) is 22.7 Å². The lowest BCUT2D eigenvalue weighted by molar-refractivity contribution is -0.384. The van der Waals surface area contributed by atoms with Crippen molar-refractivity contribution in [1.82, 2.24) is 0 Å². The van der Waals surface area contributed by atoms with E-state index >= 15 is 0 Å². The fraction of sp³-hybridized carbons (Fsp3) is 0.385. The average Bonchev–Trinajstić information content (AvgIpc) is 2.72. The van der Waals surface area contributed by atoms with E-state index in [1.54, 1.807) is 12.1 Å². The van der Waals surface area contributed by atoms with E-state index in [0.717, 1.165) is 36.0 Å². The second kappa shape index (κ2) is 8.69. The normalized spacial score (nSPS) is 14.9. The molecular weight excluding hydrogens is 400 g/mol. The molecule has 166 valence electrons. The SMILES string of the molecule is CC(C)CC1(CC(C)C)Cc2ccc(N=Nc3ccc([N+](=O)[O-])cc3)c3cccc(c23)N1. The lowest BCUT2D eigenvalue weighted by Gasteiger charge is -2.42. The molecule has 6 heteroatoms. The van der Waals surface area contributed by atoms with Gasteiger partial charge in [-0.05, 0) is 60.9 Å². The van der Waals surface area contributed by atoms with Crippen LogP contribution in [-0.4, -0.2) is 10.5 Å². The number of azo groups is 1. The Hall–Kier alpha value is -3.28. The quantitative estimate of drug-likeness (QED) is 0.234. The van der Waals surface area contributed by atoms with Crippen molar-refractivity contribution >= 4 is 33.5 Å². The molecule has 0 radical (unpaired) electrons. The minimum absolute atomic E-state index is 0.0443. The second-order valence-electron chi connectivity index (χ2n) is 9.72. The molecule has 0 saturated carbocycles. The molecule has 0 spiro atoms. The first kappa shape index (κ1) is 21.9. The van der Waals surface area contributed by atoms with Crippen LogP contribution in [0.25, 0.3) is 10.8 Å². The summed E-state index contributed by atoms with van der Waals surface area (Å²) >= 11 is 0. The Morgan fingerprint density at radius 3 is 2.28 bits per heavy atom. The third-order valence-electron chi connectivity index (χ3n) is 5.96. The van der Waals surface area contributed by atoms with Crippen LogP contribution in [0.1, 0.15) is 46.1 Å². The number of non-ortho nitro benzene ring substituents is 1. The lowest BCUT2D eigenvalue weighted by Crippen LogP contribution is -2.45. The first-order chi connectivity index (χ1) is 15.3. The molecule has 4 rings (SSSR count). The maximum atomic E-state index is 10.8. The summed E-state index contributed by atoms with van der Waals surface area (Å²) in [4.78, 5) is 10.4. The highest BCUT2D eigenvalue weighted by atomic mass is 16.6. The smallest absolute Gasteiger partial charge is 0.269 e. The van der Waals surface area contributed by atoms with Gasteiger partial charge in [-0.15, -0.1) is 5.11 Å². The number of hydrogen-bond donors (Lipinski definition) is 1. The molecule has 3 aromatic carbocycles. The molecule has 0 bridgehead atoms. The molecule has 1 aliphatic rings. The predicted molar refractivity (Wildman–Crippen MR) is 130 cm³/mol. The number of nitrogens with one attached hydrogen (secondary N) is 1. The fourth-order valence-corrected chi connectivity index (χ4v) is 5.14. The van der Waals surface area contributed by atoms with Crippen LogP contribution >= 0.6 is 0 Å². The summed E-state index contributed by atoms with van der Waals surface area (Å²) in [7, 11) is 0. The standard InChI is InChI=1S/C26H30N4O2/c1-17(2)14-26(15-18(3)4)16-19-8-13-23(22-6-5-7-24(27-26)25(19)22)29-28-20-9-11-21(12-10-20)30(31)32/h5-13,17-18,27H,14-16H2,1-4H3. The zero-order valence-corrected chi connectivity index (χ0v) is 19.1. The number of nitro groups is 1. The summed E-state index contributed by atoms with van der Waals surface area (Å²) in [5.41, 5.74) is 4.00. The number of rotatable bonds is 7.